The molecule has 0 spiro atoms. The van der Waals surface area contributed by atoms with Crippen LogP contribution < -0.4 is 0 Å². The number of hydrogen-bond acceptors (Lipinski definition) is 1. The summed E-state index contributed by atoms with van der Waals surface area (Å²) in [6, 6.07) is 18.0. The highest BCUT2D eigenvalue weighted by Gasteiger charge is 2.36. The van der Waals surface area contributed by atoms with E-state index in [9.17, 15) is 4.79 Å². The molecule has 2 aromatic carbocycles. The van der Waals surface area contributed by atoms with Gasteiger partial charge in [0.1, 0.15) is 0 Å². The highest BCUT2D eigenvalue weighted by molar-refractivity contribution is 6.30. The van der Waals surface area contributed by atoms with Crippen LogP contribution >= 0.6 is 11.6 Å². The van der Waals surface area contributed by atoms with Gasteiger partial charge >= 0.3 is 0 Å². The molecule has 0 radical (unpaired) electrons. The Morgan fingerprint density at radius 1 is 1.14 bits per heavy atom. The molecule has 0 unspecified atom stereocenters. The van der Waals surface area contributed by atoms with Gasteiger partial charge in [-0.1, -0.05) is 66.2 Å². The number of rotatable bonds is 3. The molecule has 2 atom stereocenters. The van der Waals surface area contributed by atoms with Crippen molar-refractivity contribution in [2.24, 2.45) is 0 Å². The lowest BCUT2D eigenvalue weighted by Crippen LogP contribution is -2.29. The van der Waals surface area contributed by atoms with Gasteiger partial charge < -0.3 is 4.90 Å². The van der Waals surface area contributed by atoms with Crippen molar-refractivity contribution >= 4 is 23.6 Å². The summed E-state index contributed by atoms with van der Waals surface area (Å²) in [7, 11) is 1.87. The Morgan fingerprint density at radius 2 is 1.91 bits per heavy atom. The van der Waals surface area contributed by atoms with E-state index in [-0.39, 0.29) is 17.9 Å². The van der Waals surface area contributed by atoms with E-state index in [4.69, 9.17) is 11.6 Å². The highest BCUT2D eigenvalue weighted by atomic mass is 35.5. The number of likely N-dealkylation sites (N-methyl/N-ethyl adjacent to an activating group) is 1. The molecule has 1 amide bonds. The van der Waals surface area contributed by atoms with E-state index in [0.717, 1.165) is 10.6 Å². The smallest absolute Gasteiger partial charge is 0.223 e. The third-order valence-electron chi connectivity index (χ3n) is 4.21. The molecule has 0 aromatic heterocycles. The standard InChI is InChI=1S/C19H18ClNO/c1-21-18(11-10-14-6-5-9-16(20)12-14)17(13-19(21)22)15-7-3-2-4-8-15/h2-12,17-18H,13H2,1H3/t17-,18+/m0/s1. The Balaban J connectivity index is 1.87. The maximum Gasteiger partial charge on any atom is 0.223 e. The summed E-state index contributed by atoms with van der Waals surface area (Å²) in [6.45, 7) is 0. The van der Waals surface area contributed by atoms with E-state index >= 15 is 0 Å². The zero-order chi connectivity index (χ0) is 15.5. The van der Waals surface area contributed by atoms with Crippen LogP contribution in [-0.4, -0.2) is 23.9 Å². The molecule has 1 aliphatic heterocycles. The summed E-state index contributed by atoms with van der Waals surface area (Å²) in [4.78, 5) is 13.9. The molecule has 0 bridgehead atoms. The van der Waals surface area contributed by atoms with Crippen LogP contribution in [0.1, 0.15) is 23.5 Å². The van der Waals surface area contributed by atoms with Crippen LogP contribution in [-0.2, 0) is 4.79 Å². The van der Waals surface area contributed by atoms with Gasteiger partial charge in [-0.2, -0.15) is 0 Å². The Bertz CT molecular complexity index is 696. The quantitative estimate of drug-likeness (QED) is 0.824. The average molecular weight is 312 g/mol. The monoisotopic (exact) mass is 311 g/mol. The third-order valence-corrected chi connectivity index (χ3v) is 4.44. The molecule has 1 heterocycles. The summed E-state index contributed by atoms with van der Waals surface area (Å²) in [5.74, 6) is 0.392. The number of likely N-dealkylation sites (tertiary alicyclic amines) is 1. The number of halogens is 1. The lowest BCUT2D eigenvalue weighted by molar-refractivity contribution is -0.127. The van der Waals surface area contributed by atoms with Gasteiger partial charge in [0.05, 0.1) is 6.04 Å². The average Bonchev–Trinajstić information content (AvgIpc) is 2.82. The normalized spacial score (nSPS) is 21.7. The van der Waals surface area contributed by atoms with Crippen LogP contribution in [0.5, 0.6) is 0 Å². The zero-order valence-corrected chi connectivity index (χ0v) is 13.2. The van der Waals surface area contributed by atoms with E-state index < -0.39 is 0 Å². The Hall–Kier alpha value is -2.06. The molecule has 112 valence electrons. The molecular weight excluding hydrogens is 294 g/mol. The molecule has 2 aromatic rings. The fourth-order valence-corrected chi connectivity index (χ4v) is 3.19. The third kappa shape index (κ3) is 3.07. The lowest BCUT2D eigenvalue weighted by atomic mass is 9.91. The van der Waals surface area contributed by atoms with Gasteiger partial charge in [-0.25, -0.2) is 0 Å². The molecule has 1 aliphatic rings. The molecular formula is C19H18ClNO. The summed E-state index contributed by atoms with van der Waals surface area (Å²) < 4.78 is 0. The van der Waals surface area contributed by atoms with Crippen molar-refractivity contribution in [1.82, 2.24) is 4.90 Å². The van der Waals surface area contributed by atoms with Gasteiger partial charge in [-0.3, -0.25) is 4.79 Å². The number of carbonyl (C=O) groups excluding carboxylic acids is 1. The van der Waals surface area contributed by atoms with Crippen molar-refractivity contribution in [2.45, 2.75) is 18.4 Å². The Morgan fingerprint density at radius 3 is 2.64 bits per heavy atom. The minimum absolute atomic E-state index is 0.0777. The first-order valence-electron chi connectivity index (χ1n) is 7.39. The molecule has 1 fully saturated rings. The van der Waals surface area contributed by atoms with E-state index in [1.54, 1.807) is 0 Å². The minimum Gasteiger partial charge on any atom is -0.339 e. The maximum absolute atomic E-state index is 12.1. The van der Waals surface area contributed by atoms with Crippen molar-refractivity contribution < 1.29 is 4.79 Å². The molecule has 3 rings (SSSR count). The molecule has 2 nitrogen and oxygen atoms in total. The van der Waals surface area contributed by atoms with Gasteiger partial charge in [0.2, 0.25) is 5.91 Å². The SMILES string of the molecule is CN1C(=O)C[C@@H](c2ccccc2)[C@H]1C=Cc1cccc(Cl)c1. The van der Waals surface area contributed by atoms with Crippen LogP contribution in [0.15, 0.2) is 60.7 Å². The van der Waals surface area contributed by atoms with Crippen molar-refractivity contribution in [3.05, 3.63) is 76.8 Å². The van der Waals surface area contributed by atoms with E-state index in [1.165, 1.54) is 5.56 Å². The van der Waals surface area contributed by atoms with E-state index in [2.05, 4.69) is 18.2 Å². The Kier molecular flexibility index (Phi) is 4.30. The van der Waals surface area contributed by atoms with Crippen molar-refractivity contribution in [3.8, 4) is 0 Å². The van der Waals surface area contributed by atoms with Gasteiger partial charge in [-0.15, -0.1) is 0 Å². The number of nitrogens with zero attached hydrogens (tertiary/aromatic N) is 1. The molecule has 0 N–H and O–H groups in total. The first-order chi connectivity index (χ1) is 10.6. The van der Waals surface area contributed by atoms with E-state index in [1.807, 2.05) is 60.5 Å². The second-order valence-corrected chi connectivity index (χ2v) is 6.07. The van der Waals surface area contributed by atoms with Crippen LogP contribution in [0.25, 0.3) is 6.08 Å². The summed E-state index contributed by atoms with van der Waals surface area (Å²) in [6.07, 6.45) is 4.71. The fourth-order valence-electron chi connectivity index (χ4n) is 2.99. The van der Waals surface area contributed by atoms with Crippen LogP contribution in [0.3, 0.4) is 0 Å². The number of carbonyl (C=O) groups is 1. The van der Waals surface area contributed by atoms with Gasteiger partial charge in [0, 0.05) is 24.4 Å². The largest absolute Gasteiger partial charge is 0.339 e. The van der Waals surface area contributed by atoms with Crippen molar-refractivity contribution in [3.63, 3.8) is 0 Å². The first kappa shape index (κ1) is 14.9. The molecule has 22 heavy (non-hydrogen) atoms. The van der Waals surface area contributed by atoms with Crippen molar-refractivity contribution in [1.29, 1.82) is 0 Å². The molecule has 1 saturated heterocycles. The summed E-state index contributed by atoms with van der Waals surface area (Å²) >= 11 is 6.02. The number of benzene rings is 2. The number of hydrogen-bond donors (Lipinski definition) is 0. The summed E-state index contributed by atoms with van der Waals surface area (Å²) in [5.41, 5.74) is 2.26. The van der Waals surface area contributed by atoms with Crippen LogP contribution in [0.4, 0.5) is 0 Å². The lowest BCUT2D eigenvalue weighted by Gasteiger charge is -2.22. The van der Waals surface area contributed by atoms with Gasteiger partial charge in [-0.05, 0) is 23.3 Å². The molecule has 0 aliphatic carbocycles. The second kappa shape index (κ2) is 6.37. The Labute approximate surface area is 136 Å². The molecule has 3 heteroatoms. The van der Waals surface area contributed by atoms with Crippen LogP contribution in [0, 0.1) is 0 Å². The predicted octanol–water partition coefficient (Wildman–Crippen LogP) is 4.37. The topological polar surface area (TPSA) is 20.3 Å². The van der Waals surface area contributed by atoms with Gasteiger partial charge in [0.15, 0.2) is 0 Å². The zero-order valence-electron chi connectivity index (χ0n) is 12.4. The maximum atomic E-state index is 12.1. The highest BCUT2D eigenvalue weighted by Crippen LogP contribution is 2.34. The van der Waals surface area contributed by atoms with Gasteiger partial charge in [0.25, 0.3) is 0 Å². The number of amides is 1. The fraction of sp³-hybridized carbons (Fsp3) is 0.211. The van der Waals surface area contributed by atoms with Crippen LogP contribution in [0.2, 0.25) is 5.02 Å². The van der Waals surface area contributed by atoms with E-state index in [0.29, 0.717) is 6.42 Å². The first-order valence-corrected chi connectivity index (χ1v) is 7.77. The predicted molar refractivity (Wildman–Crippen MR) is 90.8 cm³/mol. The molecule has 0 saturated carbocycles. The van der Waals surface area contributed by atoms with Crippen molar-refractivity contribution in [2.75, 3.05) is 7.05 Å². The minimum atomic E-state index is 0.0777. The second-order valence-electron chi connectivity index (χ2n) is 5.63. The summed E-state index contributed by atoms with van der Waals surface area (Å²) in [5, 5.41) is 0.720.